The Labute approximate surface area is 168 Å². The Kier molecular flexibility index (Phi) is 5.07. The van der Waals surface area contributed by atoms with Gasteiger partial charge < -0.3 is 10.6 Å². The van der Waals surface area contributed by atoms with Gasteiger partial charge in [-0.05, 0) is 78.6 Å². The first-order valence-corrected chi connectivity index (χ1v) is 9.57. The molecule has 2 N–H and O–H groups in total. The molecule has 2 aromatic carbocycles. The largest absolute Gasteiger partial charge is 0.346 e. The number of aromatic nitrogens is 4. The zero-order valence-corrected chi connectivity index (χ0v) is 16.3. The molecule has 8 heteroatoms. The fourth-order valence-electron chi connectivity index (χ4n) is 3.13. The Morgan fingerprint density at radius 3 is 2.52 bits per heavy atom. The van der Waals surface area contributed by atoms with Crippen LogP contribution >= 0.6 is 0 Å². The number of amides is 2. The smallest absolute Gasteiger partial charge is 0.251 e. The third-order valence-corrected chi connectivity index (χ3v) is 5.03. The summed E-state index contributed by atoms with van der Waals surface area (Å²) in [5, 5.41) is 17.1. The van der Waals surface area contributed by atoms with Crippen LogP contribution in [0.2, 0.25) is 0 Å². The number of carbonyl (C=O) groups excluding carboxylic acids is 2. The summed E-state index contributed by atoms with van der Waals surface area (Å²) in [5.41, 5.74) is 4.03. The monoisotopic (exact) mass is 390 g/mol. The van der Waals surface area contributed by atoms with Gasteiger partial charge >= 0.3 is 0 Å². The lowest BCUT2D eigenvalue weighted by molar-refractivity contribution is -0.117. The molecule has 2 amide bonds. The van der Waals surface area contributed by atoms with Gasteiger partial charge in [0, 0.05) is 17.2 Å². The molecule has 0 aliphatic heterocycles. The summed E-state index contributed by atoms with van der Waals surface area (Å²) in [6, 6.07) is 12.8. The number of tetrazole rings is 1. The van der Waals surface area contributed by atoms with Crippen LogP contribution in [0.15, 0.2) is 48.8 Å². The normalized spacial score (nSPS) is 14.3. The number of benzene rings is 2. The van der Waals surface area contributed by atoms with Crippen molar-refractivity contribution in [2.45, 2.75) is 32.7 Å². The molecular formula is C21H22N6O2. The van der Waals surface area contributed by atoms with Crippen molar-refractivity contribution in [2.75, 3.05) is 5.32 Å². The molecular weight excluding hydrogens is 368 g/mol. The number of nitrogens with zero attached hydrogens (tertiary/aromatic N) is 4. The van der Waals surface area contributed by atoms with Crippen LogP contribution in [-0.4, -0.2) is 32.0 Å². The van der Waals surface area contributed by atoms with E-state index in [1.807, 2.05) is 50.2 Å². The van der Waals surface area contributed by atoms with E-state index in [2.05, 4.69) is 26.2 Å². The molecule has 1 aromatic heterocycles. The summed E-state index contributed by atoms with van der Waals surface area (Å²) >= 11 is 0. The van der Waals surface area contributed by atoms with Gasteiger partial charge in [0.05, 0.1) is 11.7 Å². The van der Waals surface area contributed by atoms with Crippen LogP contribution in [0.5, 0.6) is 0 Å². The topological polar surface area (TPSA) is 102 Å². The Morgan fingerprint density at radius 1 is 1.14 bits per heavy atom. The Hall–Kier alpha value is -3.55. The summed E-state index contributed by atoms with van der Waals surface area (Å²) < 4.78 is 1.56. The number of hydrogen-bond acceptors (Lipinski definition) is 5. The van der Waals surface area contributed by atoms with Crippen LogP contribution in [0, 0.1) is 12.8 Å². The van der Waals surface area contributed by atoms with Gasteiger partial charge in [0.15, 0.2) is 0 Å². The molecule has 1 aliphatic rings. The molecule has 1 saturated carbocycles. The molecule has 0 bridgehead atoms. The van der Waals surface area contributed by atoms with Crippen LogP contribution in [0.4, 0.5) is 5.69 Å². The fraction of sp³-hybridized carbons (Fsp3) is 0.286. The van der Waals surface area contributed by atoms with E-state index < -0.39 is 0 Å². The first-order valence-electron chi connectivity index (χ1n) is 9.57. The number of carbonyl (C=O) groups is 2. The highest BCUT2D eigenvalue weighted by molar-refractivity contribution is 5.95. The lowest BCUT2D eigenvalue weighted by atomic mass is 10.1. The highest BCUT2D eigenvalue weighted by Crippen LogP contribution is 2.30. The van der Waals surface area contributed by atoms with Crippen molar-refractivity contribution in [1.82, 2.24) is 25.5 Å². The summed E-state index contributed by atoms with van der Waals surface area (Å²) in [6.07, 6.45) is 3.47. The number of rotatable bonds is 6. The van der Waals surface area contributed by atoms with Gasteiger partial charge in [-0.1, -0.05) is 12.1 Å². The van der Waals surface area contributed by atoms with Crippen molar-refractivity contribution in [3.05, 3.63) is 65.5 Å². The quantitative estimate of drug-likeness (QED) is 0.674. The average Bonchev–Trinajstić information content (AvgIpc) is 3.43. The minimum atomic E-state index is -0.171. The van der Waals surface area contributed by atoms with Crippen LogP contribution in [0.1, 0.15) is 47.3 Å². The van der Waals surface area contributed by atoms with E-state index in [9.17, 15) is 9.59 Å². The zero-order chi connectivity index (χ0) is 20.4. The standard InChI is InChI=1S/C21H22N6O2/c1-13-11-17(7-10-19(13)27-12-22-25-26-27)21(29)23-14(2)15-5-8-18(9-6-15)24-20(28)16-3-4-16/h5-12,14,16H,3-4H2,1-2H3,(H,23,29)(H,24,28). The summed E-state index contributed by atoms with van der Waals surface area (Å²) in [5.74, 6) is 0.0955. The van der Waals surface area contributed by atoms with Gasteiger partial charge in [-0.25, -0.2) is 4.68 Å². The van der Waals surface area contributed by atoms with E-state index in [4.69, 9.17) is 0 Å². The second kappa shape index (κ2) is 7.83. The molecule has 3 aromatic rings. The predicted molar refractivity (Wildman–Crippen MR) is 108 cm³/mol. The Bertz CT molecular complexity index is 1030. The Morgan fingerprint density at radius 2 is 1.90 bits per heavy atom. The average molecular weight is 390 g/mol. The minimum Gasteiger partial charge on any atom is -0.346 e. The van der Waals surface area contributed by atoms with Gasteiger partial charge in [0.2, 0.25) is 5.91 Å². The zero-order valence-electron chi connectivity index (χ0n) is 16.3. The van der Waals surface area contributed by atoms with E-state index in [0.29, 0.717) is 5.56 Å². The van der Waals surface area contributed by atoms with E-state index in [-0.39, 0.29) is 23.8 Å². The summed E-state index contributed by atoms with van der Waals surface area (Å²) in [4.78, 5) is 24.5. The van der Waals surface area contributed by atoms with E-state index in [1.54, 1.807) is 10.7 Å². The highest BCUT2D eigenvalue weighted by Gasteiger charge is 2.29. The van der Waals surface area contributed by atoms with Gasteiger partial charge in [0.1, 0.15) is 6.33 Å². The van der Waals surface area contributed by atoms with Gasteiger partial charge in [-0.3, -0.25) is 9.59 Å². The second-order valence-corrected chi connectivity index (χ2v) is 7.34. The van der Waals surface area contributed by atoms with Crippen molar-refractivity contribution in [1.29, 1.82) is 0 Å². The van der Waals surface area contributed by atoms with Crippen molar-refractivity contribution in [2.24, 2.45) is 5.92 Å². The van der Waals surface area contributed by atoms with Crippen molar-refractivity contribution in [3.63, 3.8) is 0 Å². The van der Waals surface area contributed by atoms with E-state index in [0.717, 1.165) is 35.3 Å². The summed E-state index contributed by atoms with van der Waals surface area (Å²) in [6.45, 7) is 3.84. The predicted octanol–water partition coefficient (Wildman–Crippen LogP) is 2.81. The highest BCUT2D eigenvalue weighted by atomic mass is 16.2. The first-order chi connectivity index (χ1) is 14.0. The van der Waals surface area contributed by atoms with Crippen LogP contribution in [0.3, 0.4) is 0 Å². The molecule has 1 unspecified atom stereocenters. The number of anilines is 1. The first kappa shape index (κ1) is 18.8. The summed E-state index contributed by atoms with van der Waals surface area (Å²) in [7, 11) is 0. The van der Waals surface area contributed by atoms with E-state index >= 15 is 0 Å². The van der Waals surface area contributed by atoms with Crippen molar-refractivity contribution < 1.29 is 9.59 Å². The molecule has 0 spiro atoms. The van der Waals surface area contributed by atoms with Gasteiger partial charge in [0.25, 0.3) is 5.91 Å². The van der Waals surface area contributed by atoms with E-state index in [1.165, 1.54) is 6.33 Å². The minimum absolute atomic E-state index is 0.0830. The fourth-order valence-corrected chi connectivity index (χ4v) is 3.13. The second-order valence-electron chi connectivity index (χ2n) is 7.34. The SMILES string of the molecule is Cc1cc(C(=O)NC(C)c2ccc(NC(=O)C3CC3)cc2)ccc1-n1cnnn1. The molecule has 1 aliphatic carbocycles. The van der Waals surface area contributed by atoms with Crippen LogP contribution < -0.4 is 10.6 Å². The molecule has 29 heavy (non-hydrogen) atoms. The lowest BCUT2D eigenvalue weighted by Gasteiger charge is -2.16. The maximum Gasteiger partial charge on any atom is 0.251 e. The van der Waals surface area contributed by atoms with Crippen molar-refractivity contribution >= 4 is 17.5 Å². The number of nitrogens with one attached hydrogen (secondary N) is 2. The molecule has 0 radical (unpaired) electrons. The number of hydrogen-bond donors (Lipinski definition) is 2. The maximum absolute atomic E-state index is 12.7. The maximum atomic E-state index is 12.7. The van der Waals surface area contributed by atoms with Crippen LogP contribution in [-0.2, 0) is 4.79 Å². The molecule has 1 heterocycles. The molecule has 1 fully saturated rings. The number of aryl methyl sites for hydroxylation is 1. The lowest BCUT2D eigenvalue weighted by Crippen LogP contribution is -2.26. The molecule has 0 saturated heterocycles. The molecule has 1 atom stereocenters. The van der Waals surface area contributed by atoms with Gasteiger partial charge in [-0.2, -0.15) is 0 Å². The molecule has 8 nitrogen and oxygen atoms in total. The third-order valence-electron chi connectivity index (χ3n) is 5.03. The van der Waals surface area contributed by atoms with Crippen molar-refractivity contribution in [3.8, 4) is 5.69 Å². The van der Waals surface area contributed by atoms with Crippen LogP contribution in [0.25, 0.3) is 5.69 Å². The van der Waals surface area contributed by atoms with Gasteiger partial charge in [-0.15, -0.1) is 5.10 Å². The molecule has 4 rings (SSSR count). The molecule has 148 valence electrons. The Balaban J connectivity index is 1.40. The third kappa shape index (κ3) is 4.31.